The van der Waals surface area contributed by atoms with Gasteiger partial charge in [-0.25, -0.2) is 0 Å². The number of benzene rings is 1. The molecule has 0 atom stereocenters. The standard InChI is InChI=1S/C15H17ClO/c1-15(2,3)13-8-11(17)9-14(16)12(13)7-6-10-4-5-10/h8-10,17H,4-5H2,1-3H3. The van der Waals surface area contributed by atoms with Crippen LogP contribution in [-0.4, -0.2) is 5.11 Å². The average molecular weight is 249 g/mol. The molecule has 17 heavy (non-hydrogen) atoms. The van der Waals surface area contributed by atoms with Crippen molar-refractivity contribution in [3.8, 4) is 17.6 Å². The molecule has 90 valence electrons. The highest BCUT2D eigenvalue weighted by Crippen LogP contribution is 2.34. The smallest absolute Gasteiger partial charge is 0.117 e. The highest BCUT2D eigenvalue weighted by atomic mass is 35.5. The van der Waals surface area contributed by atoms with Crippen LogP contribution in [0.5, 0.6) is 5.75 Å². The predicted octanol–water partition coefficient (Wildman–Crippen LogP) is 4.10. The van der Waals surface area contributed by atoms with Gasteiger partial charge in [0.15, 0.2) is 0 Å². The molecule has 1 saturated carbocycles. The number of hydrogen-bond donors (Lipinski definition) is 1. The Kier molecular flexibility index (Phi) is 3.10. The Hall–Kier alpha value is -1.13. The normalized spacial score (nSPS) is 15.3. The second kappa shape index (κ2) is 4.27. The summed E-state index contributed by atoms with van der Waals surface area (Å²) in [5, 5.41) is 10.2. The molecule has 1 aliphatic rings. The van der Waals surface area contributed by atoms with Crippen molar-refractivity contribution in [2.75, 3.05) is 0 Å². The van der Waals surface area contributed by atoms with Crippen LogP contribution in [-0.2, 0) is 5.41 Å². The molecule has 0 radical (unpaired) electrons. The van der Waals surface area contributed by atoms with Crippen molar-refractivity contribution in [1.82, 2.24) is 0 Å². The lowest BCUT2D eigenvalue weighted by molar-refractivity contribution is 0.471. The second-order valence-corrected chi connectivity index (χ2v) is 6.05. The molecule has 1 aromatic rings. The van der Waals surface area contributed by atoms with Crippen molar-refractivity contribution in [2.45, 2.75) is 39.0 Å². The maximum atomic E-state index is 9.64. The first-order valence-electron chi connectivity index (χ1n) is 5.92. The van der Waals surface area contributed by atoms with Crippen LogP contribution < -0.4 is 0 Å². The summed E-state index contributed by atoms with van der Waals surface area (Å²) in [6, 6.07) is 3.33. The van der Waals surface area contributed by atoms with Crippen LogP contribution >= 0.6 is 11.6 Å². The van der Waals surface area contributed by atoms with E-state index in [1.54, 1.807) is 12.1 Å². The zero-order valence-electron chi connectivity index (χ0n) is 10.5. The Morgan fingerprint density at radius 3 is 2.47 bits per heavy atom. The summed E-state index contributed by atoms with van der Waals surface area (Å²) < 4.78 is 0. The Balaban J connectivity index is 2.51. The lowest BCUT2D eigenvalue weighted by Crippen LogP contribution is -2.13. The van der Waals surface area contributed by atoms with Crippen molar-refractivity contribution in [3.05, 3.63) is 28.3 Å². The topological polar surface area (TPSA) is 20.2 Å². The van der Waals surface area contributed by atoms with Crippen LogP contribution in [0.1, 0.15) is 44.7 Å². The Morgan fingerprint density at radius 2 is 1.94 bits per heavy atom. The average Bonchev–Trinajstić information content (AvgIpc) is 2.97. The van der Waals surface area contributed by atoms with Gasteiger partial charge in [-0.3, -0.25) is 0 Å². The summed E-state index contributed by atoms with van der Waals surface area (Å²) in [7, 11) is 0. The molecular formula is C15H17ClO. The molecule has 0 bridgehead atoms. The van der Waals surface area contributed by atoms with Crippen LogP contribution in [0.3, 0.4) is 0 Å². The number of aromatic hydroxyl groups is 1. The molecule has 0 spiro atoms. The first-order chi connectivity index (χ1) is 7.88. The van der Waals surface area contributed by atoms with E-state index in [1.165, 1.54) is 12.8 Å². The lowest BCUT2D eigenvalue weighted by Gasteiger charge is -2.21. The van der Waals surface area contributed by atoms with E-state index >= 15 is 0 Å². The molecule has 1 nitrogen and oxygen atoms in total. The fourth-order valence-electron chi connectivity index (χ4n) is 1.71. The van der Waals surface area contributed by atoms with Gasteiger partial charge in [-0.15, -0.1) is 0 Å². The SMILES string of the molecule is CC(C)(C)c1cc(O)cc(Cl)c1C#CC1CC1. The first kappa shape index (κ1) is 12.3. The third kappa shape index (κ3) is 2.96. The van der Waals surface area contributed by atoms with E-state index in [0.29, 0.717) is 10.9 Å². The molecule has 0 aliphatic heterocycles. The highest BCUT2D eigenvalue weighted by Gasteiger charge is 2.22. The fraction of sp³-hybridized carbons (Fsp3) is 0.467. The van der Waals surface area contributed by atoms with Crippen molar-refractivity contribution in [1.29, 1.82) is 0 Å². The fourth-order valence-corrected chi connectivity index (χ4v) is 1.97. The van der Waals surface area contributed by atoms with Gasteiger partial charge in [-0.05, 0) is 36.0 Å². The molecule has 0 saturated heterocycles. The summed E-state index contributed by atoms with van der Waals surface area (Å²) >= 11 is 6.18. The molecule has 1 fully saturated rings. The number of hydrogen-bond acceptors (Lipinski definition) is 1. The maximum Gasteiger partial charge on any atom is 0.117 e. The van der Waals surface area contributed by atoms with Gasteiger partial charge >= 0.3 is 0 Å². The lowest BCUT2D eigenvalue weighted by atomic mass is 9.83. The summed E-state index contributed by atoms with van der Waals surface area (Å²) in [5.74, 6) is 7.17. The van der Waals surface area contributed by atoms with E-state index in [4.69, 9.17) is 11.6 Å². The van der Waals surface area contributed by atoms with Crippen molar-refractivity contribution >= 4 is 11.6 Å². The van der Waals surface area contributed by atoms with E-state index < -0.39 is 0 Å². The molecule has 0 aromatic heterocycles. The molecule has 0 heterocycles. The number of halogens is 1. The van der Waals surface area contributed by atoms with E-state index in [2.05, 4.69) is 32.6 Å². The van der Waals surface area contributed by atoms with E-state index in [-0.39, 0.29) is 11.2 Å². The third-order valence-corrected chi connectivity index (χ3v) is 3.16. The summed E-state index contributed by atoms with van der Waals surface area (Å²) in [6.45, 7) is 6.29. The predicted molar refractivity (Wildman–Crippen MR) is 71.4 cm³/mol. The van der Waals surface area contributed by atoms with Crippen LogP contribution in [0, 0.1) is 17.8 Å². The van der Waals surface area contributed by atoms with Gasteiger partial charge in [0.25, 0.3) is 0 Å². The molecular weight excluding hydrogens is 232 g/mol. The monoisotopic (exact) mass is 248 g/mol. The van der Waals surface area contributed by atoms with Crippen LogP contribution in [0.4, 0.5) is 0 Å². The van der Waals surface area contributed by atoms with Crippen LogP contribution in [0.15, 0.2) is 12.1 Å². The Bertz CT molecular complexity index is 496. The van der Waals surface area contributed by atoms with Gasteiger partial charge < -0.3 is 5.11 Å². The van der Waals surface area contributed by atoms with Gasteiger partial charge in [0.1, 0.15) is 5.75 Å². The summed E-state index contributed by atoms with van der Waals surface area (Å²) in [5.41, 5.74) is 1.80. The molecule has 2 heteroatoms. The Labute approximate surface area is 108 Å². The second-order valence-electron chi connectivity index (χ2n) is 5.64. The molecule has 1 N–H and O–H groups in total. The van der Waals surface area contributed by atoms with Crippen molar-refractivity contribution in [3.63, 3.8) is 0 Å². The molecule has 1 aromatic carbocycles. The van der Waals surface area contributed by atoms with Crippen molar-refractivity contribution in [2.24, 2.45) is 5.92 Å². The minimum absolute atomic E-state index is 0.0735. The van der Waals surface area contributed by atoms with Crippen LogP contribution in [0.2, 0.25) is 5.02 Å². The van der Waals surface area contributed by atoms with Crippen molar-refractivity contribution < 1.29 is 5.11 Å². The van der Waals surface area contributed by atoms with E-state index in [9.17, 15) is 5.11 Å². The van der Waals surface area contributed by atoms with Gasteiger partial charge in [-0.1, -0.05) is 44.2 Å². The molecule has 2 rings (SSSR count). The third-order valence-electron chi connectivity index (χ3n) is 2.86. The minimum Gasteiger partial charge on any atom is -0.508 e. The highest BCUT2D eigenvalue weighted by molar-refractivity contribution is 6.32. The summed E-state index contributed by atoms with van der Waals surface area (Å²) in [4.78, 5) is 0. The minimum atomic E-state index is -0.0735. The van der Waals surface area contributed by atoms with Gasteiger partial charge in [-0.2, -0.15) is 0 Å². The van der Waals surface area contributed by atoms with Crippen LogP contribution in [0.25, 0.3) is 0 Å². The number of phenolic OH excluding ortho intramolecular Hbond substituents is 1. The van der Waals surface area contributed by atoms with Gasteiger partial charge in [0, 0.05) is 11.5 Å². The van der Waals surface area contributed by atoms with E-state index in [1.807, 2.05) is 0 Å². The molecule has 0 unspecified atom stereocenters. The molecule has 0 amide bonds. The maximum absolute atomic E-state index is 9.64. The largest absolute Gasteiger partial charge is 0.508 e. The number of rotatable bonds is 0. The zero-order chi connectivity index (χ0) is 12.6. The quantitative estimate of drug-likeness (QED) is 0.686. The van der Waals surface area contributed by atoms with E-state index in [0.717, 1.165) is 11.1 Å². The summed E-state index contributed by atoms with van der Waals surface area (Å²) in [6.07, 6.45) is 2.40. The van der Waals surface area contributed by atoms with Gasteiger partial charge in [0.05, 0.1) is 5.02 Å². The Morgan fingerprint density at radius 1 is 1.29 bits per heavy atom. The molecule has 1 aliphatic carbocycles. The first-order valence-corrected chi connectivity index (χ1v) is 6.30. The zero-order valence-corrected chi connectivity index (χ0v) is 11.2. The van der Waals surface area contributed by atoms with Gasteiger partial charge in [0.2, 0.25) is 0 Å². The number of phenols is 1.